The molecule has 7 nitrogen and oxygen atoms in total. The zero-order chi connectivity index (χ0) is 14.7. The van der Waals surface area contributed by atoms with Gasteiger partial charge in [-0.25, -0.2) is 15.0 Å². The summed E-state index contributed by atoms with van der Waals surface area (Å²) in [5.74, 6) is 0.245. The second-order valence-electron chi connectivity index (χ2n) is 5.05. The smallest absolute Gasteiger partial charge is 0.270 e. The minimum atomic E-state index is -0.197. The van der Waals surface area contributed by atoms with Gasteiger partial charge in [0, 0.05) is 24.7 Å². The second kappa shape index (κ2) is 6.01. The molecule has 0 aliphatic carbocycles. The number of aryl methyl sites for hydroxylation is 1. The van der Waals surface area contributed by atoms with Gasteiger partial charge in [0.2, 0.25) is 5.95 Å². The highest BCUT2D eigenvalue weighted by Gasteiger charge is 2.18. The number of aromatic nitrogens is 4. The molecule has 7 heteroatoms. The first-order valence-electron chi connectivity index (χ1n) is 6.95. The van der Waals surface area contributed by atoms with E-state index in [0.29, 0.717) is 18.2 Å². The molecule has 0 aromatic carbocycles. The fourth-order valence-electron chi connectivity index (χ4n) is 2.28. The fraction of sp³-hybridized carbons (Fsp3) is 0.429. The molecule has 0 spiro atoms. The highest BCUT2D eigenvalue weighted by molar-refractivity contribution is 5.92. The number of nitrogens with zero attached hydrogens (tertiary/aromatic N) is 4. The van der Waals surface area contributed by atoms with Gasteiger partial charge < -0.3 is 10.1 Å². The summed E-state index contributed by atoms with van der Waals surface area (Å²) in [5, 5.41) is 2.96. The van der Waals surface area contributed by atoms with Gasteiger partial charge in [0.05, 0.1) is 12.6 Å². The molecule has 1 atom stereocenters. The summed E-state index contributed by atoms with van der Waals surface area (Å²) in [7, 11) is 0. The molecule has 1 aliphatic heterocycles. The van der Waals surface area contributed by atoms with Crippen LogP contribution in [0.15, 0.2) is 24.8 Å². The molecule has 1 N–H and O–H groups in total. The maximum atomic E-state index is 12.3. The van der Waals surface area contributed by atoms with E-state index in [1.807, 2.05) is 6.92 Å². The third kappa shape index (κ3) is 3.25. The molecule has 1 fully saturated rings. The number of rotatable bonds is 3. The molecule has 2 aromatic heterocycles. The average Bonchev–Trinajstić information content (AvgIpc) is 3.02. The van der Waals surface area contributed by atoms with Gasteiger partial charge in [-0.1, -0.05) is 0 Å². The van der Waals surface area contributed by atoms with Gasteiger partial charge in [-0.2, -0.15) is 0 Å². The molecule has 1 aliphatic rings. The molecule has 3 rings (SSSR count). The summed E-state index contributed by atoms with van der Waals surface area (Å²) < 4.78 is 7.04. The molecule has 0 radical (unpaired) electrons. The fourth-order valence-corrected chi connectivity index (χ4v) is 2.28. The SMILES string of the molecule is Cc1cc(C(=O)N[C@@H]2CCCOC2)nc(-n2ccnc2)n1. The second-order valence-corrected chi connectivity index (χ2v) is 5.05. The number of ether oxygens (including phenoxy) is 1. The maximum Gasteiger partial charge on any atom is 0.270 e. The molecule has 21 heavy (non-hydrogen) atoms. The van der Waals surface area contributed by atoms with Crippen LogP contribution in [0.1, 0.15) is 29.0 Å². The lowest BCUT2D eigenvalue weighted by molar-refractivity contribution is 0.0622. The lowest BCUT2D eigenvalue weighted by Gasteiger charge is -2.23. The van der Waals surface area contributed by atoms with Crippen LogP contribution in [0.4, 0.5) is 0 Å². The average molecular weight is 287 g/mol. The normalized spacial score (nSPS) is 18.4. The zero-order valence-electron chi connectivity index (χ0n) is 11.8. The van der Waals surface area contributed by atoms with Crippen molar-refractivity contribution in [3.05, 3.63) is 36.2 Å². The van der Waals surface area contributed by atoms with Gasteiger partial charge in [0.1, 0.15) is 12.0 Å². The van der Waals surface area contributed by atoms with Crippen LogP contribution in [0.25, 0.3) is 5.95 Å². The number of amides is 1. The van der Waals surface area contributed by atoms with Crippen molar-refractivity contribution in [2.75, 3.05) is 13.2 Å². The third-order valence-electron chi connectivity index (χ3n) is 3.31. The highest BCUT2D eigenvalue weighted by atomic mass is 16.5. The lowest BCUT2D eigenvalue weighted by Crippen LogP contribution is -2.41. The summed E-state index contributed by atoms with van der Waals surface area (Å²) >= 11 is 0. The first kappa shape index (κ1) is 13.7. The Kier molecular flexibility index (Phi) is 3.92. The number of hydrogen-bond acceptors (Lipinski definition) is 5. The Morgan fingerprint density at radius 3 is 3.10 bits per heavy atom. The molecular formula is C14H17N5O2. The van der Waals surface area contributed by atoms with Crippen LogP contribution >= 0.6 is 0 Å². The van der Waals surface area contributed by atoms with E-state index in [1.165, 1.54) is 0 Å². The Labute approximate surface area is 122 Å². The van der Waals surface area contributed by atoms with E-state index < -0.39 is 0 Å². The van der Waals surface area contributed by atoms with Gasteiger partial charge in [-0.3, -0.25) is 9.36 Å². The standard InChI is InChI=1S/C14H17N5O2/c1-10-7-12(13(20)17-11-3-2-6-21-8-11)18-14(16-10)19-5-4-15-9-19/h4-5,7,9,11H,2-3,6,8H2,1H3,(H,17,20)/t11-/m1/s1. The molecule has 1 amide bonds. The lowest BCUT2D eigenvalue weighted by atomic mass is 10.1. The van der Waals surface area contributed by atoms with E-state index in [1.54, 1.807) is 29.4 Å². The van der Waals surface area contributed by atoms with Crippen molar-refractivity contribution >= 4 is 5.91 Å². The van der Waals surface area contributed by atoms with Crippen LogP contribution in [0.2, 0.25) is 0 Å². The largest absolute Gasteiger partial charge is 0.379 e. The Morgan fingerprint density at radius 2 is 2.38 bits per heavy atom. The first-order valence-corrected chi connectivity index (χ1v) is 6.95. The van der Waals surface area contributed by atoms with Gasteiger partial charge in [0.15, 0.2) is 0 Å². The van der Waals surface area contributed by atoms with Crippen molar-refractivity contribution in [3.8, 4) is 5.95 Å². The Hall–Kier alpha value is -2.28. The first-order chi connectivity index (χ1) is 10.2. The van der Waals surface area contributed by atoms with Crippen LogP contribution in [0, 0.1) is 6.92 Å². The number of carbonyl (C=O) groups is 1. The minimum Gasteiger partial charge on any atom is -0.379 e. The number of nitrogens with one attached hydrogen (secondary N) is 1. The Morgan fingerprint density at radius 1 is 1.48 bits per heavy atom. The van der Waals surface area contributed by atoms with Crippen molar-refractivity contribution < 1.29 is 9.53 Å². The van der Waals surface area contributed by atoms with Crippen molar-refractivity contribution in [1.29, 1.82) is 0 Å². The minimum absolute atomic E-state index is 0.0539. The number of hydrogen-bond donors (Lipinski definition) is 1. The van der Waals surface area contributed by atoms with E-state index >= 15 is 0 Å². The predicted molar refractivity (Wildman–Crippen MR) is 75.2 cm³/mol. The van der Waals surface area contributed by atoms with E-state index in [9.17, 15) is 4.79 Å². The van der Waals surface area contributed by atoms with Crippen LogP contribution in [0.5, 0.6) is 0 Å². The van der Waals surface area contributed by atoms with E-state index in [4.69, 9.17) is 4.74 Å². The summed E-state index contributed by atoms with van der Waals surface area (Å²) in [4.78, 5) is 24.9. The van der Waals surface area contributed by atoms with Gasteiger partial charge in [0.25, 0.3) is 5.91 Å². The number of imidazole rings is 1. The Balaban J connectivity index is 1.79. The summed E-state index contributed by atoms with van der Waals surface area (Å²) in [6.07, 6.45) is 6.89. The molecule has 2 aromatic rings. The van der Waals surface area contributed by atoms with Gasteiger partial charge in [-0.15, -0.1) is 0 Å². The van der Waals surface area contributed by atoms with E-state index in [0.717, 1.165) is 25.1 Å². The Bertz CT molecular complexity index is 620. The monoisotopic (exact) mass is 287 g/mol. The van der Waals surface area contributed by atoms with Crippen molar-refractivity contribution in [2.24, 2.45) is 0 Å². The van der Waals surface area contributed by atoms with E-state index in [2.05, 4.69) is 20.3 Å². The molecule has 110 valence electrons. The molecule has 1 saturated heterocycles. The highest BCUT2D eigenvalue weighted by Crippen LogP contribution is 2.09. The predicted octanol–water partition coefficient (Wildman–Crippen LogP) is 0.880. The summed E-state index contributed by atoms with van der Waals surface area (Å²) in [5.41, 5.74) is 1.09. The zero-order valence-corrected chi connectivity index (χ0v) is 11.8. The quantitative estimate of drug-likeness (QED) is 0.906. The summed E-state index contributed by atoms with van der Waals surface area (Å²) in [6, 6.07) is 1.73. The molecule has 0 unspecified atom stereocenters. The topological polar surface area (TPSA) is 81.9 Å². The molecular weight excluding hydrogens is 270 g/mol. The van der Waals surface area contributed by atoms with Crippen LogP contribution in [-0.4, -0.2) is 44.7 Å². The van der Waals surface area contributed by atoms with E-state index in [-0.39, 0.29) is 11.9 Å². The summed E-state index contributed by atoms with van der Waals surface area (Å²) in [6.45, 7) is 3.16. The third-order valence-corrected chi connectivity index (χ3v) is 3.31. The van der Waals surface area contributed by atoms with Crippen molar-refractivity contribution in [3.63, 3.8) is 0 Å². The van der Waals surface area contributed by atoms with Crippen molar-refractivity contribution in [2.45, 2.75) is 25.8 Å². The van der Waals surface area contributed by atoms with Crippen LogP contribution in [0.3, 0.4) is 0 Å². The number of carbonyl (C=O) groups excluding carboxylic acids is 1. The van der Waals surface area contributed by atoms with Crippen LogP contribution < -0.4 is 5.32 Å². The molecule has 0 bridgehead atoms. The molecule has 3 heterocycles. The maximum absolute atomic E-state index is 12.3. The van der Waals surface area contributed by atoms with Gasteiger partial charge in [-0.05, 0) is 25.8 Å². The van der Waals surface area contributed by atoms with Crippen LogP contribution in [-0.2, 0) is 4.74 Å². The van der Waals surface area contributed by atoms with Gasteiger partial charge >= 0.3 is 0 Å². The molecule has 0 saturated carbocycles. The van der Waals surface area contributed by atoms with Crippen molar-refractivity contribution in [1.82, 2.24) is 24.8 Å².